The fourth-order valence-electron chi connectivity index (χ4n) is 3.49. The molecule has 0 atom stereocenters. The van der Waals surface area contributed by atoms with Crippen molar-refractivity contribution in [2.45, 2.75) is 12.8 Å². The van der Waals surface area contributed by atoms with Gasteiger partial charge >= 0.3 is 0 Å². The van der Waals surface area contributed by atoms with Gasteiger partial charge in [-0.25, -0.2) is 10.0 Å². The summed E-state index contributed by atoms with van der Waals surface area (Å²) in [5, 5.41) is 11.4. The van der Waals surface area contributed by atoms with Crippen LogP contribution < -0.4 is 5.01 Å². The number of aryl methyl sites for hydroxylation is 2. The van der Waals surface area contributed by atoms with Gasteiger partial charge in [0.2, 0.25) is 0 Å². The fraction of sp³-hybridized carbons (Fsp3) is 0.318. The van der Waals surface area contributed by atoms with E-state index >= 15 is 0 Å². The van der Waals surface area contributed by atoms with Crippen LogP contribution in [0.5, 0.6) is 0 Å². The number of aromatic nitrogens is 3. The van der Waals surface area contributed by atoms with E-state index < -0.39 is 0 Å². The minimum absolute atomic E-state index is 0.0551. The highest BCUT2D eigenvalue weighted by molar-refractivity contribution is 6.04. The van der Waals surface area contributed by atoms with E-state index in [4.69, 9.17) is 0 Å². The molecule has 0 unspecified atom stereocenters. The molecule has 1 aliphatic rings. The Kier molecular flexibility index (Phi) is 5.97. The second-order valence-electron chi connectivity index (χ2n) is 7.35. The Bertz CT molecular complexity index is 919. The number of amides is 1. The molecule has 3 aromatic rings. The molecule has 150 valence electrons. The van der Waals surface area contributed by atoms with Gasteiger partial charge in [-0.05, 0) is 43.7 Å². The standard InChI is InChI=1S/C22H26N6O/c1-26-12-14-27(15-13-26)28(22(29)19-7-3-2-4-8-19)21-16-20(24-25-21)10-9-18-6-5-11-23-17-18/h2-8,11,16-17H,9-10,12-15H2,1H3,(H,24,25). The average Bonchev–Trinajstić information content (AvgIpc) is 3.23. The number of anilines is 1. The summed E-state index contributed by atoms with van der Waals surface area (Å²) in [6.07, 6.45) is 5.35. The van der Waals surface area contributed by atoms with Crippen LogP contribution in [0.2, 0.25) is 0 Å². The van der Waals surface area contributed by atoms with Gasteiger partial charge in [-0.15, -0.1) is 0 Å². The molecule has 0 spiro atoms. The smallest absolute Gasteiger partial charge is 0.274 e. The number of hydrazine groups is 1. The van der Waals surface area contributed by atoms with Gasteiger partial charge in [0.25, 0.3) is 5.91 Å². The number of pyridine rings is 1. The summed E-state index contributed by atoms with van der Waals surface area (Å²) in [4.78, 5) is 19.8. The van der Waals surface area contributed by atoms with Crippen LogP contribution in [-0.2, 0) is 12.8 Å². The Hall–Kier alpha value is -3.03. The van der Waals surface area contributed by atoms with Crippen LogP contribution in [0.25, 0.3) is 0 Å². The summed E-state index contributed by atoms with van der Waals surface area (Å²) in [6, 6.07) is 15.4. The molecule has 1 saturated heterocycles. The summed E-state index contributed by atoms with van der Waals surface area (Å²) in [5.41, 5.74) is 2.84. The maximum Gasteiger partial charge on any atom is 0.274 e. The zero-order valence-electron chi connectivity index (χ0n) is 16.7. The molecule has 0 aliphatic carbocycles. The average molecular weight is 390 g/mol. The molecule has 1 fully saturated rings. The predicted octanol–water partition coefficient (Wildman–Crippen LogP) is 2.40. The molecule has 2 aromatic heterocycles. The number of benzene rings is 1. The third-order valence-corrected chi connectivity index (χ3v) is 5.22. The lowest BCUT2D eigenvalue weighted by molar-refractivity contribution is 0.0817. The number of likely N-dealkylation sites (N-methyl/N-ethyl adjacent to an activating group) is 1. The van der Waals surface area contributed by atoms with Crippen LogP contribution in [-0.4, -0.2) is 64.2 Å². The number of carbonyl (C=O) groups excluding carboxylic acids is 1. The summed E-state index contributed by atoms with van der Waals surface area (Å²) in [6.45, 7) is 3.40. The number of carbonyl (C=O) groups is 1. The van der Waals surface area contributed by atoms with E-state index in [1.165, 1.54) is 5.56 Å². The van der Waals surface area contributed by atoms with Crippen molar-refractivity contribution in [1.82, 2.24) is 25.1 Å². The third-order valence-electron chi connectivity index (χ3n) is 5.22. The Morgan fingerprint density at radius 1 is 1.07 bits per heavy atom. The molecule has 1 N–H and O–H groups in total. The molecular formula is C22H26N6O. The number of hydrogen-bond donors (Lipinski definition) is 1. The molecule has 1 aliphatic heterocycles. The lowest BCUT2D eigenvalue weighted by atomic mass is 10.1. The van der Waals surface area contributed by atoms with Gasteiger partial charge in [-0.1, -0.05) is 24.3 Å². The number of piperazine rings is 1. The molecular weight excluding hydrogens is 364 g/mol. The molecule has 3 heterocycles. The van der Waals surface area contributed by atoms with Crippen molar-refractivity contribution >= 4 is 11.7 Å². The van der Waals surface area contributed by atoms with Crippen molar-refractivity contribution in [3.8, 4) is 0 Å². The topological polar surface area (TPSA) is 68.4 Å². The van der Waals surface area contributed by atoms with Gasteiger partial charge in [-0.2, -0.15) is 5.10 Å². The normalized spacial score (nSPS) is 15.3. The van der Waals surface area contributed by atoms with Crippen molar-refractivity contribution in [3.63, 3.8) is 0 Å². The van der Waals surface area contributed by atoms with Crippen LogP contribution in [0.15, 0.2) is 60.9 Å². The Balaban J connectivity index is 1.54. The number of H-pyrrole nitrogens is 1. The molecule has 0 saturated carbocycles. The van der Waals surface area contributed by atoms with Gasteiger partial charge in [0.05, 0.1) is 0 Å². The minimum Gasteiger partial charge on any atom is -0.304 e. The highest BCUT2D eigenvalue weighted by Gasteiger charge is 2.28. The lowest BCUT2D eigenvalue weighted by Crippen LogP contribution is -2.55. The Labute approximate surface area is 170 Å². The monoisotopic (exact) mass is 390 g/mol. The molecule has 29 heavy (non-hydrogen) atoms. The second kappa shape index (κ2) is 8.98. The molecule has 0 bridgehead atoms. The second-order valence-corrected chi connectivity index (χ2v) is 7.35. The van der Waals surface area contributed by atoms with Crippen LogP contribution in [0, 0.1) is 0 Å². The van der Waals surface area contributed by atoms with Crippen molar-refractivity contribution in [1.29, 1.82) is 0 Å². The zero-order chi connectivity index (χ0) is 20.1. The van der Waals surface area contributed by atoms with E-state index in [-0.39, 0.29) is 5.91 Å². The van der Waals surface area contributed by atoms with Crippen LogP contribution in [0.1, 0.15) is 21.6 Å². The molecule has 1 aromatic carbocycles. The number of aromatic amines is 1. The van der Waals surface area contributed by atoms with Crippen LogP contribution >= 0.6 is 0 Å². The summed E-state index contributed by atoms with van der Waals surface area (Å²) in [7, 11) is 2.10. The van der Waals surface area contributed by atoms with E-state index in [1.54, 1.807) is 11.2 Å². The first kappa shape index (κ1) is 19.3. The summed E-state index contributed by atoms with van der Waals surface area (Å²) < 4.78 is 0. The largest absolute Gasteiger partial charge is 0.304 e. The summed E-state index contributed by atoms with van der Waals surface area (Å²) >= 11 is 0. The van der Waals surface area contributed by atoms with Crippen molar-refractivity contribution in [3.05, 3.63) is 77.7 Å². The van der Waals surface area contributed by atoms with Gasteiger partial charge in [-0.3, -0.25) is 14.9 Å². The Morgan fingerprint density at radius 3 is 2.59 bits per heavy atom. The van der Waals surface area contributed by atoms with E-state index in [9.17, 15) is 4.79 Å². The Morgan fingerprint density at radius 2 is 1.86 bits per heavy atom. The van der Waals surface area contributed by atoms with Gasteiger partial charge in [0.1, 0.15) is 0 Å². The molecule has 7 heteroatoms. The van der Waals surface area contributed by atoms with E-state index in [0.29, 0.717) is 11.4 Å². The quantitative estimate of drug-likeness (QED) is 0.700. The highest BCUT2D eigenvalue weighted by atomic mass is 16.2. The predicted molar refractivity (Wildman–Crippen MR) is 113 cm³/mol. The summed E-state index contributed by atoms with van der Waals surface area (Å²) in [5.74, 6) is 0.588. The van der Waals surface area contributed by atoms with E-state index in [2.05, 4.69) is 38.2 Å². The maximum absolute atomic E-state index is 13.3. The minimum atomic E-state index is -0.0551. The number of hydrogen-bond acceptors (Lipinski definition) is 5. The first-order chi connectivity index (χ1) is 14.2. The third kappa shape index (κ3) is 4.70. The maximum atomic E-state index is 13.3. The van der Waals surface area contributed by atoms with Gasteiger partial charge in [0.15, 0.2) is 5.82 Å². The van der Waals surface area contributed by atoms with Crippen molar-refractivity contribution in [2.75, 3.05) is 38.2 Å². The van der Waals surface area contributed by atoms with Gasteiger partial charge in [0, 0.05) is 55.9 Å². The molecule has 1 amide bonds. The SMILES string of the molecule is CN1CCN(N(C(=O)c2ccccc2)c2cc(CCc3cccnc3)[nH]n2)CC1. The van der Waals surface area contributed by atoms with Crippen molar-refractivity contribution in [2.24, 2.45) is 0 Å². The van der Waals surface area contributed by atoms with E-state index in [0.717, 1.165) is 44.7 Å². The number of nitrogens with zero attached hydrogens (tertiary/aromatic N) is 5. The zero-order valence-corrected chi connectivity index (χ0v) is 16.7. The molecule has 7 nitrogen and oxygen atoms in total. The van der Waals surface area contributed by atoms with Gasteiger partial charge < -0.3 is 4.90 Å². The number of rotatable bonds is 6. The molecule has 4 rings (SSSR count). The highest BCUT2D eigenvalue weighted by Crippen LogP contribution is 2.20. The lowest BCUT2D eigenvalue weighted by Gasteiger charge is -2.38. The fourth-order valence-corrected chi connectivity index (χ4v) is 3.49. The van der Waals surface area contributed by atoms with Crippen LogP contribution in [0.4, 0.5) is 5.82 Å². The molecule has 0 radical (unpaired) electrons. The van der Waals surface area contributed by atoms with Crippen LogP contribution in [0.3, 0.4) is 0 Å². The van der Waals surface area contributed by atoms with E-state index in [1.807, 2.05) is 48.7 Å². The first-order valence-corrected chi connectivity index (χ1v) is 9.97. The number of nitrogens with one attached hydrogen (secondary N) is 1. The van der Waals surface area contributed by atoms with Crippen molar-refractivity contribution < 1.29 is 4.79 Å². The first-order valence-electron chi connectivity index (χ1n) is 9.97.